The third-order valence-corrected chi connectivity index (χ3v) is 1.71. The van der Waals surface area contributed by atoms with E-state index in [4.69, 9.17) is 4.55 Å². The largest absolute Gasteiger partial charge is 1.00 e. The molecular weight excluding hydrogens is 215 g/mol. The van der Waals surface area contributed by atoms with Gasteiger partial charge in [0, 0.05) is 0 Å². The molecule has 1 aromatic heterocycles. The molecule has 0 radical (unpaired) electrons. The molecule has 64 valence electrons. The van der Waals surface area contributed by atoms with E-state index in [-0.39, 0.29) is 35.8 Å². The SMILES string of the molecule is O=S(=O)(O)Cn1[nH]nnc1=S.[H-].[Na+]. The predicted octanol–water partition coefficient (Wildman–Crippen LogP) is -3.70. The van der Waals surface area contributed by atoms with Crippen molar-refractivity contribution in [3.8, 4) is 0 Å². The molecule has 0 aromatic carbocycles. The minimum atomic E-state index is -4.08. The van der Waals surface area contributed by atoms with E-state index in [9.17, 15) is 8.42 Å². The number of hydrogen-bond donors (Lipinski definition) is 2. The molecule has 0 fully saturated rings. The van der Waals surface area contributed by atoms with Crippen molar-refractivity contribution < 1.29 is 44.0 Å². The van der Waals surface area contributed by atoms with Gasteiger partial charge in [0.15, 0.2) is 5.88 Å². The number of nitrogens with one attached hydrogen (secondary N) is 1. The number of rotatable bonds is 2. The van der Waals surface area contributed by atoms with Gasteiger partial charge in [-0.25, -0.2) is 4.68 Å². The van der Waals surface area contributed by atoms with E-state index in [1.165, 1.54) is 0 Å². The molecule has 0 atom stereocenters. The van der Waals surface area contributed by atoms with E-state index in [1.807, 2.05) is 0 Å². The van der Waals surface area contributed by atoms with Gasteiger partial charge in [-0.05, 0) is 12.2 Å². The van der Waals surface area contributed by atoms with Crippen LogP contribution in [0.4, 0.5) is 0 Å². The summed E-state index contributed by atoms with van der Waals surface area (Å²) in [6, 6.07) is 0. The first-order chi connectivity index (χ1) is 4.99. The van der Waals surface area contributed by atoms with Crippen LogP contribution in [0.25, 0.3) is 0 Å². The molecule has 0 spiro atoms. The molecule has 1 heterocycles. The van der Waals surface area contributed by atoms with E-state index < -0.39 is 16.0 Å². The Kier molecular flexibility index (Phi) is 4.51. The van der Waals surface area contributed by atoms with Gasteiger partial charge in [-0.1, -0.05) is 10.3 Å². The van der Waals surface area contributed by atoms with Gasteiger partial charge in [-0.3, -0.25) is 4.55 Å². The van der Waals surface area contributed by atoms with Gasteiger partial charge in [0.2, 0.25) is 4.77 Å². The fraction of sp³-hybridized carbons (Fsp3) is 0.500. The maximum Gasteiger partial charge on any atom is 1.00 e. The second-order valence-corrected chi connectivity index (χ2v) is 3.51. The van der Waals surface area contributed by atoms with E-state index in [0.29, 0.717) is 0 Å². The number of hydrogen-bond acceptors (Lipinski definition) is 5. The number of tetrazole rings is 1. The van der Waals surface area contributed by atoms with E-state index >= 15 is 0 Å². The minimum Gasteiger partial charge on any atom is -1.00 e. The van der Waals surface area contributed by atoms with Crippen LogP contribution in [-0.4, -0.2) is 33.2 Å². The molecule has 0 aliphatic rings. The first-order valence-electron chi connectivity index (χ1n) is 2.42. The van der Waals surface area contributed by atoms with Crippen LogP contribution in [0.1, 0.15) is 1.43 Å². The first-order valence-corrected chi connectivity index (χ1v) is 4.44. The van der Waals surface area contributed by atoms with Crippen LogP contribution in [0.15, 0.2) is 0 Å². The number of nitrogens with zero attached hydrogens (tertiary/aromatic N) is 3. The van der Waals surface area contributed by atoms with Gasteiger partial charge in [0.25, 0.3) is 10.1 Å². The molecule has 1 aromatic rings. The van der Waals surface area contributed by atoms with Gasteiger partial charge in [0.05, 0.1) is 0 Å². The Morgan fingerprint density at radius 1 is 1.75 bits per heavy atom. The topological polar surface area (TPSA) is 101 Å². The zero-order valence-corrected chi connectivity index (χ0v) is 9.76. The fourth-order valence-electron chi connectivity index (χ4n) is 0.463. The third kappa shape index (κ3) is 3.74. The summed E-state index contributed by atoms with van der Waals surface area (Å²) < 4.78 is 29.8. The van der Waals surface area contributed by atoms with Gasteiger partial charge in [0.1, 0.15) is 0 Å². The van der Waals surface area contributed by atoms with Crippen LogP contribution in [0, 0.1) is 4.77 Å². The standard InChI is InChI=1S/C2H4N4O3S2.Na.H/c7-11(8,9)1-6-2(10)3-4-5-6;;/h1H2,(H,3,5,10)(H,7,8,9);;/q;+1;-1. The Hall–Kier alpha value is 0.200. The van der Waals surface area contributed by atoms with Crippen LogP contribution in [0.3, 0.4) is 0 Å². The van der Waals surface area contributed by atoms with E-state index in [2.05, 4.69) is 27.7 Å². The molecule has 2 N–H and O–H groups in total. The number of H-pyrrole nitrogens is 1. The summed E-state index contributed by atoms with van der Waals surface area (Å²) in [6.45, 7) is 0. The van der Waals surface area contributed by atoms with Crippen molar-refractivity contribution in [1.82, 2.24) is 20.2 Å². The average molecular weight is 220 g/mol. The van der Waals surface area contributed by atoms with Gasteiger partial charge in [-0.15, -0.1) is 0 Å². The molecule has 0 unspecified atom stereocenters. The van der Waals surface area contributed by atoms with Crippen molar-refractivity contribution in [2.45, 2.75) is 5.88 Å². The van der Waals surface area contributed by atoms with Crippen LogP contribution in [0.2, 0.25) is 0 Å². The number of aromatic amines is 1. The Morgan fingerprint density at radius 2 is 2.33 bits per heavy atom. The Bertz CT molecular complexity index is 398. The summed E-state index contributed by atoms with van der Waals surface area (Å²) in [7, 11) is -4.08. The van der Waals surface area contributed by atoms with E-state index in [1.54, 1.807) is 0 Å². The molecular formula is C2H5N4NaO3S2. The third-order valence-electron chi connectivity index (χ3n) is 0.824. The molecule has 1 rings (SSSR count). The summed E-state index contributed by atoms with van der Waals surface area (Å²) in [5, 5.41) is 8.69. The van der Waals surface area contributed by atoms with Crippen molar-refractivity contribution in [2.75, 3.05) is 0 Å². The van der Waals surface area contributed by atoms with Crippen molar-refractivity contribution in [3.05, 3.63) is 4.77 Å². The predicted molar refractivity (Wildman–Crippen MR) is 37.9 cm³/mol. The maximum atomic E-state index is 10.3. The van der Waals surface area contributed by atoms with Gasteiger partial charge >= 0.3 is 29.6 Å². The molecule has 12 heavy (non-hydrogen) atoms. The minimum absolute atomic E-state index is 0. The maximum absolute atomic E-state index is 10.3. The summed E-state index contributed by atoms with van der Waals surface area (Å²) in [6.07, 6.45) is 0. The van der Waals surface area contributed by atoms with Gasteiger partial charge < -0.3 is 1.43 Å². The van der Waals surface area contributed by atoms with E-state index in [0.717, 1.165) is 4.68 Å². The molecule has 0 bridgehead atoms. The smallest absolute Gasteiger partial charge is 1.00 e. The first kappa shape index (κ1) is 12.2. The summed E-state index contributed by atoms with van der Waals surface area (Å²) >= 11 is 4.54. The second-order valence-electron chi connectivity index (χ2n) is 1.72. The molecule has 0 saturated carbocycles. The summed E-state index contributed by atoms with van der Waals surface area (Å²) in [5.74, 6) is -0.654. The molecule has 0 aliphatic carbocycles. The molecule has 0 saturated heterocycles. The molecule has 0 aliphatic heterocycles. The van der Waals surface area contributed by atoms with Crippen molar-refractivity contribution in [3.63, 3.8) is 0 Å². The quantitative estimate of drug-likeness (QED) is 0.302. The molecule has 10 heteroatoms. The van der Waals surface area contributed by atoms with Crippen LogP contribution < -0.4 is 29.6 Å². The molecule has 0 amide bonds. The van der Waals surface area contributed by atoms with Crippen molar-refractivity contribution in [1.29, 1.82) is 0 Å². The van der Waals surface area contributed by atoms with Gasteiger partial charge in [-0.2, -0.15) is 13.6 Å². The summed E-state index contributed by atoms with van der Waals surface area (Å²) in [5.41, 5.74) is 0. The fourth-order valence-corrected chi connectivity index (χ4v) is 1.20. The van der Waals surface area contributed by atoms with Crippen molar-refractivity contribution in [2.24, 2.45) is 0 Å². The Labute approximate surface area is 96.7 Å². The normalized spacial score (nSPS) is 10.8. The Morgan fingerprint density at radius 3 is 2.67 bits per heavy atom. The Balaban J connectivity index is 0. The average Bonchev–Trinajstić information content (AvgIpc) is 2.12. The number of aromatic nitrogens is 4. The molecule has 7 nitrogen and oxygen atoms in total. The second kappa shape index (κ2) is 4.44. The van der Waals surface area contributed by atoms with Crippen molar-refractivity contribution >= 4 is 22.3 Å². The van der Waals surface area contributed by atoms with Crippen LogP contribution in [-0.2, 0) is 16.0 Å². The zero-order valence-electron chi connectivity index (χ0n) is 7.13. The monoisotopic (exact) mass is 220 g/mol. The van der Waals surface area contributed by atoms with Crippen LogP contribution >= 0.6 is 12.2 Å². The van der Waals surface area contributed by atoms with Crippen LogP contribution in [0.5, 0.6) is 0 Å². The zero-order chi connectivity index (χ0) is 8.48. The summed E-state index contributed by atoms with van der Waals surface area (Å²) in [4.78, 5) is 0.